The van der Waals surface area contributed by atoms with Crippen molar-refractivity contribution in [3.05, 3.63) is 23.9 Å². The quantitative estimate of drug-likeness (QED) is 0.746. The molecule has 15 heavy (non-hydrogen) atoms. The Morgan fingerprint density at radius 1 is 1.40 bits per heavy atom. The van der Waals surface area contributed by atoms with E-state index in [-0.39, 0.29) is 0 Å². The van der Waals surface area contributed by atoms with Gasteiger partial charge >= 0.3 is 0 Å². The van der Waals surface area contributed by atoms with Crippen molar-refractivity contribution in [2.24, 2.45) is 0 Å². The van der Waals surface area contributed by atoms with E-state index in [0.717, 1.165) is 25.5 Å². The molecule has 1 aliphatic heterocycles. The third-order valence-corrected chi connectivity index (χ3v) is 3.45. The lowest BCUT2D eigenvalue weighted by molar-refractivity contribution is 0.440. The molecule has 2 fully saturated rings. The summed E-state index contributed by atoms with van der Waals surface area (Å²) in [5.74, 6) is 1.13. The number of hydrogen-bond donors (Lipinski definition) is 1. The Morgan fingerprint density at radius 2 is 2.27 bits per heavy atom. The van der Waals surface area contributed by atoms with E-state index in [9.17, 15) is 0 Å². The van der Waals surface area contributed by atoms with Gasteiger partial charge in [0.15, 0.2) is 0 Å². The van der Waals surface area contributed by atoms with Gasteiger partial charge in [-0.3, -0.25) is 0 Å². The van der Waals surface area contributed by atoms with E-state index in [1.165, 1.54) is 18.4 Å². The smallest absolute Gasteiger partial charge is 0.128 e. The summed E-state index contributed by atoms with van der Waals surface area (Å²) < 4.78 is 0. The number of aryl methyl sites for hydroxylation is 1. The maximum Gasteiger partial charge on any atom is 0.128 e. The fourth-order valence-electron chi connectivity index (χ4n) is 2.28. The van der Waals surface area contributed by atoms with Crippen molar-refractivity contribution in [2.45, 2.75) is 25.3 Å². The molecule has 1 spiro atoms. The van der Waals surface area contributed by atoms with E-state index in [1.54, 1.807) is 0 Å². The number of nitrogens with one attached hydrogen (secondary N) is 1. The van der Waals surface area contributed by atoms with Crippen LogP contribution in [0, 0.1) is 6.92 Å². The summed E-state index contributed by atoms with van der Waals surface area (Å²) in [6.07, 6.45) is 4.61. The van der Waals surface area contributed by atoms with Crippen LogP contribution in [0.1, 0.15) is 18.4 Å². The summed E-state index contributed by atoms with van der Waals surface area (Å²) in [6, 6.07) is 4.28. The predicted octanol–water partition coefficient (Wildman–Crippen LogP) is 1.33. The lowest BCUT2D eigenvalue weighted by atomic mass is 10.2. The number of anilines is 1. The maximum absolute atomic E-state index is 4.49. The Balaban J connectivity index is 1.78. The minimum atomic E-state index is 0.435. The van der Waals surface area contributed by atoms with Crippen LogP contribution < -0.4 is 10.2 Å². The Kier molecular flexibility index (Phi) is 1.96. The number of nitrogens with zero attached hydrogens (tertiary/aromatic N) is 2. The van der Waals surface area contributed by atoms with E-state index < -0.39 is 0 Å². The van der Waals surface area contributed by atoms with Crippen LogP contribution in [-0.2, 0) is 0 Å². The maximum atomic E-state index is 4.49. The van der Waals surface area contributed by atoms with Crippen LogP contribution in [0.5, 0.6) is 0 Å². The number of aromatic nitrogens is 1. The summed E-state index contributed by atoms with van der Waals surface area (Å²) in [5.41, 5.74) is 1.67. The van der Waals surface area contributed by atoms with Gasteiger partial charge in [0.2, 0.25) is 0 Å². The molecule has 0 aromatic carbocycles. The van der Waals surface area contributed by atoms with Crippen molar-refractivity contribution in [1.82, 2.24) is 10.3 Å². The molecule has 1 saturated heterocycles. The minimum Gasteiger partial charge on any atom is -0.353 e. The minimum absolute atomic E-state index is 0.435. The van der Waals surface area contributed by atoms with E-state index >= 15 is 0 Å². The first-order chi connectivity index (χ1) is 7.27. The van der Waals surface area contributed by atoms with Crippen molar-refractivity contribution in [3.8, 4) is 0 Å². The highest BCUT2D eigenvalue weighted by atomic mass is 15.3. The highest BCUT2D eigenvalue weighted by Crippen LogP contribution is 2.38. The molecule has 1 aromatic heterocycles. The third kappa shape index (κ3) is 1.72. The van der Waals surface area contributed by atoms with Gasteiger partial charge in [0.25, 0.3) is 0 Å². The first kappa shape index (κ1) is 9.16. The molecule has 0 amide bonds. The predicted molar refractivity (Wildman–Crippen MR) is 61.2 cm³/mol. The fourth-order valence-corrected chi connectivity index (χ4v) is 2.28. The van der Waals surface area contributed by atoms with Crippen LogP contribution in [0.25, 0.3) is 0 Å². The van der Waals surface area contributed by atoms with Gasteiger partial charge in [0.05, 0.1) is 0 Å². The molecule has 3 rings (SSSR count). The van der Waals surface area contributed by atoms with Gasteiger partial charge in [-0.2, -0.15) is 0 Å². The monoisotopic (exact) mass is 203 g/mol. The molecule has 1 aromatic rings. The number of rotatable bonds is 1. The van der Waals surface area contributed by atoms with Gasteiger partial charge in [-0.15, -0.1) is 0 Å². The molecule has 3 heteroatoms. The summed E-state index contributed by atoms with van der Waals surface area (Å²) in [4.78, 5) is 6.90. The second-order valence-corrected chi connectivity index (χ2v) is 4.82. The molecule has 2 aliphatic rings. The van der Waals surface area contributed by atoms with Gasteiger partial charge in [0, 0.05) is 31.4 Å². The average Bonchev–Trinajstić information content (AvgIpc) is 2.99. The zero-order valence-corrected chi connectivity index (χ0v) is 9.16. The van der Waals surface area contributed by atoms with Crippen LogP contribution >= 0.6 is 0 Å². The normalized spacial score (nSPS) is 23.1. The average molecular weight is 203 g/mol. The van der Waals surface area contributed by atoms with Crippen LogP contribution in [0.15, 0.2) is 18.3 Å². The Morgan fingerprint density at radius 3 is 2.93 bits per heavy atom. The first-order valence-electron chi connectivity index (χ1n) is 5.70. The number of piperazine rings is 1. The van der Waals surface area contributed by atoms with E-state index in [4.69, 9.17) is 0 Å². The molecule has 2 heterocycles. The highest BCUT2D eigenvalue weighted by Gasteiger charge is 2.45. The molecule has 0 bridgehead atoms. The molecule has 3 nitrogen and oxygen atoms in total. The van der Waals surface area contributed by atoms with Gasteiger partial charge in [-0.05, 0) is 31.4 Å². The molecule has 1 N–H and O–H groups in total. The lowest BCUT2D eigenvalue weighted by Gasteiger charge is -2.34. The standard InChI is InChI=1S/C12H17N3/c1-10-2-3-11(13-8-10)15-7-6-14-12(9-15)4-5-12/h2-3,8,14H,4-7,9H2,1H3. The van der Waals surface area contributed by atoms with E-state index in [2.05, 4.69) is 34.3 Å². The molecule has 80 valence electrons. The molecule has 0 atom stereocenters. The number of hydrogen-bond acceptors (Lipinski definition) is 3. The summed E-state index contributed by atoms with van der Waals surface area (Å²) in [5, 5.41) is 3.61. The lowest BCUT2D eigenvalue weighted by Crippen LogP contribution is -2.52. The topological polar surface area (TPSA) is 28.2 Å². The molecule has 0 radical (unpaired) electrons. The zero-order valence-electron chi connectivity index (χ0n) is 9.16. The second kappa shape index (κ2) is 3.20. The molecular weight excluding hydrogens is 186 g/mol. The van der Waals surface area contributed by atoms with Crippen LogP contribution in [-0.4, -0.2) is 30.2 Å². The van der Waals surface area contributed by atoms with Crippen LogP contribution in [0.2, 0.25) is 0 Å². The summed E-state index contributed by atoms with van der Waals surface area (Å²) in [7, 11) is 0. The Labute approximate surface area is 90.5 Å². The van der Waals surface area contributed by atoms with Gasteiger partial charge in [-0.25, -0.2) is 4.98 Å². The Hall–Kier alpha value is -1.09. The van der Waals surface area contributed by atoms with Crippen molar-refractivity contribution in [3.63, 3.8) is 0 Å². The molecule has 0 unspecified atom stereocenters. The van der Waals surface area contributed by atoms with Crippen molar-refractivity contribution >= 4 is 5.82 Å². The fraction of sp³-hybridized carbons (Fsp3) is 0.583. The first-order valence-corrected chi connectivity index (χ1v) is 5.70. The Bertz CT molecular complexity index is 354. The van der Waals surface area contributed by atoms with E-state index in [1.807, 2.05) is 6.20 Å². The molecule has 1 saturated carbocycles. The summed E-state index contributed by atoms with van der Waals surface area (Å²) in [6.45, 7) is 5.38. The third-order valence-electron chi connectivity index (χ3n) is 3.45. The van der Waals surface area contributed by atoms with Gasteiger partial charge < -0.3 is 10.2 Å². The highest BCUT2D eigenvalue weighted by molar-refractivity contribution is 5.41. The van der Waals surface area contributed by atoms with Gasteiger partial charge in [-0.1, -0.05) is 6.07 Å². The van der Waals surface area contributed by atoms with Crippen molar-refractivity contribution in [2.75, 3.05) is 24.5 Å². The van der Waals surface area contributed by atoms with Gasteiger partial charge in [0.1, 0.15) is 5.82 Å². The number of pyridine rings is 1. The van der Waals surface area contributed by atoms with E-state index in [0.29, 0.717) is 5.54 Å². The van der Waals surface area contributed by atoms with Crippen LogP contribution in [0.4, 0.5) is 5.82 Å². The van der Waals surface area contributed by atoms with Crippen LogP contribution in [0.3, 0.4) is 0 Å². The summed E-state index contributed by atoms with van der Waals surface area (Å²) >= 11 is 0. The molecule has 1 aliphatic carbocycles. The largest absolute Gasteiger partial charge is 0.353 e. The second-order valence-electron chi connectivity index (χ2n) is 4.82. The SMILES string of the molecule is Cc1ccc(N2CCNC3(CC3)C2)nc1. The van der Waals surface area contributed by atoms with Crippen molar-refractivity contribution < 1.29 is 0 Å². The zero-order chi connectivity index (χ0) is 10.3. The molecular formula is C12H17N3. The van der Waals surface area contributed by atoms with Crippen molar-refractivity contribution in [1.29, 1.82) is 0 Å².